The predicted molar refractivity (Wildman–Crippen MR) is 44.2 cm³/mol. The lowest BCUT2D eigenvalue weighted by atomic mass is 10.9. The molecule has 0 atom stereocenters. The van der Waals surface area contributed by atoms with Gasteiger partial charge in [0.25, 0.3) is 0 Å². The fourth-order valence-electron chi connectivity index (χ4n) is 0.769. The van der Waals surface area contributed by atoms with Gasteiger partial charge in [-0.1, -0.05) is 0 Å². The zero-order valence-corrected chi connectivity index (χ0v) is 6.90. The molecule has 2 rings (SSSR count). The fraction of sp³-hybridized carbons (Fsp3) is 0. The SMILES string of the molecule is O=C(Nn1ccnn1)Nn1ccnn1. The molecular formula is C5H6N8O. The van der Waals surface area contributed by atoms with Gasteiger partial charge in [0, 0.05) is 0 Å². The summed E-state index contributed by atoms with van der Waals surface area (Å²) in [6, 6.07) is -0.499. The van der Waals surface area contributed by atoms with E-state index < -0.39 is 6.03 Å². The number of aromatic nitrogens is 6. The van der Waals surface area contributed by atoms with Crippen molar-refractivity contribution >= 4 is 6.03 Å². The molecule has 0 aromatic carbocycles. The number of rotatable bonds is 2. The van der Waals surface area contributed by atoms with Crippen LogP contribution in [-0.4, -0.2) is 36.2 Å². The molecule has 0 aliphatic rings. The van der Waals surface area contributed by atoms with Crippen LogP contribution in [0.25, 0.3) is 0 Å². The molecule has 2 amide bonds. The first kappa shape index (κ1) is 8.16. The Morgan fingerprint density at radius 2 is 1.50 bits per heavy atom. The number of hydrogen-bond acceptors (Lipinski definition) is 5. The van der Waals surface area contributed by atoms with Gasteiger partial charge in [-0.15, -0.1) is 10.2 Å². The second-order valence-corrected chi connectivity index (χ2v) is 2.25. The Hall–Kier alpha value is -2.45. The second-order valence-electron chi connectivity index (χ2n) is 2.25. The van der Waals surface area contributed by atoms with Crippen LogP contribution < -0.4 is 10.9 Å². The molecule has 0 spiro atoms. The minimum absolute atomic E-state index is 0.499. The Bertz CT molecular complexity index is 353. The van der Waals surface area contributed by atoms with E-state index in [2.05, 4.69) is 31.5 Å². The van der Waals surface area contributed by atoms with Gasteiger partial charge in [0.2, 0.25) is 0 Å². The standard InChI is InChI=1S/C5H6N8O/c14-5(8-12-3-1-6-10-12)9-13-4-2-7-11-13/h1-4H,(H2,8,9,14). The highest BCUT2D eigenvalue weighted by Crippen LogP contribution is 1.78. The van der Waals surface area contributed by atoms with Crippen molar-refractivity contribution in [2.24, 2.45) is 0 Å². The molecule has 2 aromatic rings. The maximum atomic E-state index is 11.2. The highest BCUT2D eigenvalue weighted by Gasteiger charge is 2.01. The van der Waals surface area contributed by atoms with Crippen LogP contribution in [0.4, 0.5) is 4.79 Å². The Morgan fingerprint density at radius 3 is 1.86 bits per heavy atom. The molecule has 2 aromatic heterocycles. The number of carbonyl (C=O) groups excluding carboxylic acids is 1. The summed E-state index contributed by atoms with van der Waals surface area (Å²) in [5.74, 6) is 0. The van der Waals surface area contributed by atoms with Crippen LogP contribution in [0.2, 0.25) is 0 Å². The third-order valence-corrected chi connectivity index (χ3v) is 1.28. The largest absolute Gasteiger partial charge is 0.355 e. The van der Waals surface area contributed by atoms with Crippen molar-refractivity contribution in [3.05, 3.63) is 24.8 Å². The highest BCUT2D eigenvalue weighted by molar-refractivity contribution is 5.88. The molecule has 0 bridgehead atoms. The van der Waals surface area contributed by atoms with E-state index in [4.69, 9.17) is 0 Å². The molecule has 9 nitrogen and oxygen atoms in total. The Labute approximate surface area is 77.6 Å². The number of hydrogen-bond donors (Lipinski definition) is 2. The third kappa shape index (κ3) is 1.83. The van der Waals surface area contributed by atoms with Gasteiger partial charge in [-0.25, -0.2) is 15.6 Å². The van der Waals surface area contributed by atoms with Gasteiger partial charge in [-0.05, 0) is 10.4 Å². The van der Waals surface area contributed by atoms with Crippen molar-refractivity contribution in [2.45, 2.75) is 0 Å². The van der Waals surface area contributed by atoms with Gasteiger partial charge < -0.3 is 0 Å². The van der Waals surface area contributed by atoms with E-state index in [0.717, 1.165) is 9.58 Å². The summed E-state index contributed by atoms with van der Waals surface area (Å²) < 4.78 is 0. The number of amides is 2. The number of carbonyl (C=O) groups is 1. The molecular weight excluding hydrogens is 188 g/mol. The normalized spacial score (nSPS) is 9.71. The maximum absolute atomic E-state index is 11.2. The lowest BCUT2D eigenvalue weighted by Crippen LogP contribution is -2.33. The van der Waals surface area contributed by atoms with Gasteiger partial charge in [0.05, 0.1) is 24.8 Å². The molecule has 0 unspecified atom stereocenters. The smallest absolute Gasteiger partial charge is 0.245 e. The topological polar surface area (TPSA) is 103 Å². The van der Waals surface area contributed by atoms with Crippen molar-refractivity contribution < 1.29 is 4.79 Å². The summed E-state index contributed by atoms with van der Waals surface area (Å²) in [6.45, 7) is 0. The van der Waals surface area contributed by atoms with E-state index >= 15 is 0 Å². The van der Waals surface area contributed by atoms with E-state index in [1.807, 2.05) is 0 Å². The molecule has 0 aliphatic heterocycles. The van der Waals surface area contributed by atoms with E-state index in [9.17, 15) is 4.79 Å². The molecule has 0 aliphatic carbocycles. The predicted octanol–water partition coefficient (Wildman–Crippen LogP) is -1.22. The van der Waals surface area contributed by atoms with Crippen molar-refractivity contribution in [2.75, 3.05) is 10.9 Å². The van der Waals surface area contributed by atoms with Gasteiger partial charge >= 0.3 is 6.03 Å². The van der Waals surface area contributed by atoms with Crippen LogP contribution in [0, 0.1) is 0 Å². The summed E-state index contributed by atoms with van der Waals surface area (Å²) in [5.41, 5.74) is 4.73. The number of nitrogens with zero attached hydrogens (tertiary/aromatic N) is 6. The van der Waals surface area contributed by atoms with E-state index in [0.29, 0.717) is 0 Å². The first-order valence-corrected chi connectivity index (χ1v) is 3.65. The number of urea groups is 1. The molecule has 2 N–H and O–H groups in total. The summed E-state index contributed by atoms with van der Waals surface area (Å²) in [4.78, 5) is 13.5. The average molecular weight is 194 g/mol. The molecule has 0 fully saturated rings. The Morgan fingerprint density at radius 1 is 1.00 bits per heavy atom. The molecule has 0 saturated heterocycles. The van der Waals surface area contributed by atoms with Crippen molar-refractivity contribution in [1.29, 1.82) is 0 Å². The van der Waals surface area contributed by atoms with Crippen molar-refractivity contribution in [3.8, 4) is 0 Å². The highest BCUT2D eigenvalue weighted by atomic mass is 16.2. The van der Waals surface area contributed by atoms with Gasteiger partial charge in [0.1, 0.15) is 0 Å². The minimum Gasteiger partial charge on any atom is -0.245 e. The molecule has 72 valence electrons. The number of nitrogens with one attached hydrogen (secondary N) is 2. The van der Waals surface area contributed by atoms with E-state index in [1.54, 1.807) is 0 Å². The quantitative estimate of drug-likeness (QED) is 0.623. The summed E-state index contributed by atoms with van der Waals surface area (Å²) in [7, 11) is 0. The van der Waals surface area contributed by atoms with Crippen LogP contribution in [0.3, 0.4) is 0 Å². The first-order valence-electron chi connectivity index (χ1n) is 3.65. The molecule has 2 heterocycles. The Balaban J connectivity index is 1.91. The van der Waals surface area contributed by atoms with Crippen LogP contribution in [-0.2, 0) is 0 Å². The summed E-state index contributed by atoms with van der Waals surface area (Å²) >= 11 is 0. The van der Waals surface area contributed by atoms with Crippen LogP contribution >= 0.6 is 0 Å². The zero-order chi connectivity index (χ0) is 9.80. The lowest BCUT2D eigenvalue weighted by Gasteiger charge is -2.04. The first-order chi connectivity index (χ1) is 6.84. The molecule has 0 radical (unpaired) electrons. The fourth-order valence-corrected chi connectivity index (χ4v) is 0.769. The lowest BCUT2D eigenvalue weighted by molar-refractivity contribution is 0.256. The van der Waals surface area contributed by atoms with E-state index in [1.165, 1.54) is 24.8 Å². The molecule has 14 heavy (non-hydrogen) atoms. The van der Waals surface area contributed by atoms with Gasteiger partial charge in [-0.2, -0.15) is 9.58 Å². The average Bonchev–Trinajstić information content (AvgIpc) is 2.76. The van der Waals surface area contributed by atoms with Crippen molar-refractivity contribution in [1.82, 2.24) is 30.2 Å². The minimum atomic E-state index is -0.499. The molecule has 0 saturated carbocycles. The van der Waals surface area contributed by atoms with Gasteiger partial charge in [-0.3, -0.25) is 0 Å². The summed E-state index contributed by atoms with van der Waals surface area (Å²) in [6.07, 6.45) is 5.85. The maximum Gasteiger partial charge on any atom is 0.355 e. The van der Waals surface area contributed by atoms with Crippen molar-refractivity contribution in [3.63, 3.8) is 0 Å². The van der Waals surface area contributed by atoms with E-state index in [-0.39, 0.29) is 0 Å². The monoisotopic (exact) mass is 194 g/mol. The zero-order valence-electron chi connectivity index (χ0n) is 6.90. The summed E-state index contributed by atoms with van der Waals surface area (Å²) in [5, 5.41) is 14.1. The second kappa shape index (κ2) is 3.51. The van der Waals surface area contributed by atoms with Crippen LogP contribution in [0.5, 0.6) is 0 Å². The van der Waals surface area contributed by atoms with Gasteiger partial charge in [0.15, 0.2) is 0 Å². The third-order valence-electron chi connectivity index (χ3n) is 1.28. The Kier molecular flexibility index (Phi) is 2.05. The molecule has 9 heteroatoms. The van der Waals surface area contributed by atoms with Crippen LogP contribution in [0.1, 0.15) is 0 Å². The van der Waals surface area contributed by atoms with Crippen LogP contribution in [0.15, 0.2) is 24.8 Å².